The highest BCUT2D eigenvalue weighted by Crippen LogP contribution is 2.36. The molecule has 3 N–H and O–H groups in total. The van der Waals surface area contributed by atoms with Gasteiger partial charge in [0, 0.05) is 11.5 Å². The first-order valence-electron chi connectivity index (χ1n) is 10.3. The first kappa shape index (κ1) is 25.3. The van der Waals surface area contributed by atoms with Crippen LogP contribution in [0.5, 0.6) is 0 Å². The zero-order valence-electron chi connectivity index (χ0n) is 19.0. The van der Waals surface area contributed by atoms with Gasteiger partial charge in [0.15, 0.2) is 11.4 Å². The van der Waals surface area contributed by atoms with E-state index in [1.54, 1.807) is 0 Å². The number of nitrogens with zero attached hydrogens (tertiary/aromatic N) is 4. The molecule has 192 valence electrons. The number of ether oxygens (including phenoxy) is 1. The first-order chi connectivity index (χ1) is 17.4. The van der Waals surface area contributed by atoms with Crippen LogP contribution in [-0.2, 0) is 17.5 Å². The van der Waals surface area contributed by atoms with Gasteiger partial charge in [-0.1, -0.05) is 0 Å². The summed E-state index contributed by atoms with van der Waals surface area (Å²) in [5.41, 5.74) is 2.06. The second-order valence-electron chi connectivity index (χ2n) is 7.62. The Morgan fingerprint density at radius 1 is 1.16 bits per heavy atom. The Balaban J connectivity index is 1.75. The number of methoxy groups -OCH3 is 1. The van der Waals surface area contributed by atoms with E-state index in [-0.39, 0.29) is 33.7 Å². The van der Waals surface area contributed by atoms with E-state index < -0.39 is 53.4 Å². The SMILES string of the molecule is COC(=O)c1coc(Cn2nc(C(F)(F)F)c(NC(=O)c3cc(C(N)=O)nc4cc(F)ccc34)c2C)n1. The van der Waals surface area contributed by atoms with Gasteiger partial charge in [0.1, 0.15) is 24.3 Å². The molecule has 37 heavy (non-hydrogen) atoms. The molecule has 3 heterocycles. The maximum atomic E-state index is 13.8. The van der Waals surface area contributed by atoms with Crippen LogP contribution in [0.25, 0.3) is 10.9 Å². The number of nitrogens with two attached hydrogens (primary N) is 1. The number of primary amides is 1. The van der Waals surface area contributed by atoms with Gasteiger partial charge >= 0.3 is 12.1 Å². The summed E-state index contributed by atoms with van der Waals surface area (Å²) >= 11 is 0. The van der Waals surface area contributed by atoms with Crippen molar-refractivity contribution in [3.05, 3.63) is 70.6 Å². The standard InChI is InChI=1S/C22H16F4N6O5/c1-9-17(18(22(24,25)26)31-32(9)7-16-29-15(8-37-16)21(35)36-2)30-20(34)12-6-14(19(27)33)28-13-5-10(23)3-4-11(12)13/h3-6,8H,7H2,1-2H3,(H2,27,33)(H,30,34). The van der Waals surface area contributed by atoms with Gasteiger partial charge in [-0.25, -0.2) is 19.2 Å². The number of benzene rings is 1. The molecule has 11 nitrogen and oxygen atoms in total. The van der Waals surface area contributed by atoms with E-state index in [0.717, 1.165) is 36.3 Å². The summed E-state index contributed by atoms with van der Waals surface area (Å²) in [6.07, 6.45) is -4.00. The van der Waals surface area contributed by atoms with Crippen molar-refractivity contribution in [1.82, 2.24) is 19.7 Å². The molecule has 4 aromatic rings. The highest BCUT2D eigenvalue weighted by molar-refractivity contribution is 6.14. The number of hydrogen-bond donors (Lipinski definition) is 2. The number of carbonyl (C=O) groups excluding carboxylic acids is 3. The molecule has 0 saturated carbocycles. The maximum Gasteiger partial charge on any atom is 0.437 e. The number of fused-ring (bicyclic) bond motifs is 1. The predicted octanol–water partition coefficient (Wildman–Crippen LogP) is 3.07. The largest absolute Gasteiger partial charge is 0.464 e. The normalized spacial score (nSPS) is 11.5. The Kier molecular flexibility index (Phi) is 6.37. The minimum absolute atomic E-state index is 0.0672. The number of anilines is 1. The summed E-state index contributed by atoms with van der Waals surface area (Å²) in [5, 5.41) is 5.78. The third-order valence-corrected chi connectivity index (χ3v) is 5.21. The molecule has 0 aliphatic rings. The van der Waals surface area contributed by atoms with Gasteiger partial charge in [0.2, 0.25) is 5.89 Å². The van der Waals surface area contributed by atoms with Crippen LogP contribution in [0.3, 0.4) is 0 Å². The van der Waals surface area contributed by atoms with E-state index in [0.29, 0.717) is 0 Å². The highest BCUT2D eigenvalue weighted by atomic mass is 19.4. The van der Waals surface area contributed by atoms with Crippen molar-refractivity contribution in [2.24, 2.45) is 5.73 Å². The molecule has 0 atom stereocenters. The Morgan fingerprint density at radius 3 is 2.54 bits per heavy atom. The van der Waals surface area contributed by atoms with Crippen molar-refractivity contribution in [3.63, 3.8) is 0 Å². The summed E-state index contributed by atoms with van der Waals surface area (Å²) in [5.74, 6) is -3.76. The van der Waals surface area contributed by atoms with Crippen LogP contribution in [0.4, 0.5) is 23.2 Å². The Bertz CT molecular complexity index is 1560. The second kappa shape index (κ2) is 9.33. The minimum atomic E-state index is -4.98. The first-order valence-corrected chi connectivity index (χ1v) is 10.3. The molecule has 0 spiro atoms. The van der Waals surface area contributed by atoms with Gasteiger partial charge in [0.25, 0.3) is 11.8 Å². The molecule has 2 amide bonds. The molecular weight excluding hydrogens is 504 g/mol. The number of hydrogen-bond acceptors (Lipinski definition) is 8. The zero-order valence-corrected chi connectivity index (χ0v) is 19.0. The summed E-state index contributed by atoms with van der Waals surface area (Å²) in [6.45, 7) is 0.849. The van der Waals surface area contributed by atoms with E-state index in [9.17, 15) is 31.9 Å². The van der Waals surface area contributed by atoms with Gasteiger partial charge in [-0.05, 0) is 25.1 Å². The van der Waals surface area contributed by atoms with Crippen molar-refractivity contribution in [3.8, 4) is 0 Å². The molecule has 3 aromatic heterocycles. The van der Waals surface area contributed by atoms with E-state index >= 15 is 0 Å². The Morgan fingerprint density at radius 2 is 1.89 bits per heavy atom. The number of halogens is 4. The average molecular weight is 520 g/mol. The molecule has 0 radical (unpaired) electrons. The van der Waals surface area contributed by atoms with E-state index in [1.165, 1.54) is 13.0 Å². The topological polar surface area (TPSA) is 155 Å². The number of amides is 2. The molecule has 0 bridgehead atoms. The average Bonchev–Trinajstić information content (AvgIpc) is 3.42. The number of carbonyl (C=O) groups is 3. The zero-order chi connectivity index (χ0) is 27.1. The summed E-state index contributed by atoms with van der Waals surface area (Å²) in [6, 6.07) is 4.15. The Hall–Kier alpha value is -4.82. The smallest absolute Gasteiger partial charge is 0.437 e. The number of alkyl halides is 3. The summed E-state index contributed by atoms with van der Waals surface area (Å²) in [4.78, 5) is 44.1. The summed E-state index contributed by atoms with van der Waals surface area (Å²) in [7, 11) is 1.12. The molecule has 0 fully saturated rings. The number of esters is 1. The van der Waals surface area contributed by atoms with Crippen LogP contribution in [0.15, 0.2) is 34.9 Å². The monoisotopic (exact) mass is 520 g/mol. The molecule has 0 saturated heterocycles. The van der Waals surface area contributed by atoms with Gasteiger partial charge in [0.05, 0.1) is 29.6 Å². The lowest BCUT2D eigenvalue weighted by Gasteiger charge is -2.11. The van der Waals surface area contributed by atoms with E-state index in [4.69, 9.17) is 10.2 Å². The highest BCUT2D eigenvalue weighted by Gasteiger charge is 2.39. The van der Waals surface area contributed by atoms with Gasteiger partial charge < -0.3 is 20.2 Å². The van der Waals surface area contributed by atoms with E-state index in [1.807, 2.05) is 0 Å². The molecule has 0 aliphatic heterocycles. The molecular formula is C22H16F4N6O5. The fourth-order valence-electron chi connectivity index (χ4n) is 3.45. The maximum absolute atomic E-state index is 13.8. The third-order valence-electron chi connectivity index (χ3n) is 5.21. The number of pyridine rings is 1. The van der Waals surface area contributed by atoms with Crippen LogP contribution in [0.1, 0.15) is 48.6 Å². The van der Waals surface area contributed by atoms with E-state index in [2.05, 4.69) is 25.1 Å². The lowest BCUT2D eigenvalue weighted by atomic mass is 10.1. The molecule has 0 aliphatic carbocycles. The number of oxazole rings is 1. The minimum Gasteiger partial charge on any atom is -0.464 e. The fourth-order valence-corrected chi connectivity index (χ4v) is 3.45. The third kappa shape index (κ3) is 4.96. The van der Waals surface area contributed by atoms with Crippen molar-refractivity contribution >= 4 is 34.4 Å². The van der Waals surface area contributed by atoms with Crippen LogP contribution in [0.2, 0.25) is 0 Å². The molecule has 15 heteroatoms. The molecule has 4 rings (SSSR count). The fraction of sp³-hybridized carbons (Fsp3) is 0.182. The van der Waals surface area contributed by atoms with Crippen LogP contribution in [-0.4, -0.2) is 44.6 Å². The van der Waals surface area contributed by atoms with Crippen LogP contribution in [0, 0.1) is 12.7 Å². The number of nitrogens with one attached hydrogen (secondary N) is 1. The molecule has 0 unspecified atom stereocenters. The second-order valence-corrected chi connectivity index (χ2v) is 7.62. The van der Waals surface area contributed by atoms with Crippen LogP contribution >= 0.6 is 0 Å². The predicted molar refractivity (Wildman–Crippen MR) is 117 cm³/mol. The quantitative estimate of drug-likeness (QED) is 0.290. The van der Waals surface area contributed by atoms with Crippen molar-refractivity contribution in [2.75, 3.05) is 12.4 Å². The molecule has 1 aromatic carbocycles. The van der Waals surface area contributed by atoms with Crippen molar-refractivity contribution in [1.29, 1.82) is 0 Å². The van der Waals surface area contributed by atoms with Gasteiger partial charge in [-0.3, -0.25) is 14.3 Å². The van der Waals surface area contributed by atoms with Gasteiger partial charge in [-0.15, -0.1) is 0 Å². The van der Waals surface area contributed by atoms with Crippen LogP contribution < -0.4 is 11.1 Å². The van der Waals surface area contributed by atoms with Gasteiger partial charge in [-0.2, -0.15) is 18.3 Å². The van der Waals surface area contributed by atoms with Crippen molar-refractivity contribution in [2.45, 2.75) is 19.6 Å². The lowest BCUT2D eigenvalue weighted by molar-refractivity contribution is -0.140. The number of aromatic nitrogens is 4. The number of rotatable bonds is 6. The lowest BCUT2D eigenvalue weighted by Crippen LogP contribution is -2.19. The Labute approximate surface area is 204 Å². The van der Waals surface area contributed by atoms with Crippen molar-refractivity contribution < 1.29 is 41.1 Å². The summed E-state index contributed by atoms with van der Waals surface area (Å²) < 4.78 is 65.6.